The van der Waals surface area contributed by atoms with Crippen molar-refractivity contribution in [3.05, 3.63) is 111 Å². The predicted octanol–water partition coefficient (Wildman–Crippen LogP) is 7.45. The van der Waals surface area contributed by atoms with Crippen LogP contribution in [-0.4, -0.2) is 11.3 Å². The molecule has 0 amide bonds. The van der Waals surface area contributed by atoms with Crippen LogP contribution in [0.3, 0.4) is 0 Å². The Morgan fingerprint density at radius 3 is 0.735 bits per heavy atom. The summed E-state index contributed by atoms with van der Waals surface area (Å²) in [6.45, 7) is 7.76. The van der Waals surface area contributed by atoms with E-state index in [9.17, 15) is 44.6 Å². The van der Waals surface area contributed by atoms with E-state index in [1.165, 1.54) is 41.5 Å². The van der Waals surface area contributed by atoms with Crippen LogP contribution in [-0.2, 0) is 10.8 Å². The summed E-state index contributed by atoms with van der Waals surface area (Å²) in [4.78, 5) is 0. The second-order valence-electron chi connectivity index (χ2n) is 13.3. The molecule has 0 aliphatic carbocycles. The minimum Gasteiger partial charge on any atom is -0.507 e. The van der Waals surface area contributed by atoms with Crippen molar-refractivity contribution in [3.8, 4) is 5.75 Å². The van der Waals surface area contributed by atoms with Crippen molar-refractivity contribution in [3.63, 3.8) is 0 Å². The summed E-state index contributed by atoms with van der Waals surface area (Å²) in [6.07, 6.45) is -5.99. The second-order valence-corrected chi connectivity index (χ2v) is 13.3. The lowest BCUT2D eigenvalue weighted by Gasteiger charge is -2.46. The molecule has 0 aliphatic heterocycles. The van der Waals surface area contributed by atoms with Crippen LogP contribution in [0.1, 0.15) is 52.7 Å². The Bertz CT molecular complexity index is 1770. The molecule has 1 N–H and O–H groups in total. The normalized spacial score (nSPS) is 12.7. The SMILES string of the molecule is CC(C)(C)c1cc([B-](c2c(F)c(F)c(F)c(F)c2F)(c2c(F)c(F)c(F)c(F)c2F)c2c(F)c(F)c(F)c(F)c2F)cc(C(C)(C)C)c1O. The average Bonchev–Trinajstić information content (AvgIpc) is 3.01. The summed E-state index contributed by atoms with van der Waals surface area (Å²) in [6, 6.07) is 0.803. The predicted molar refractivity (Wildman–Crippen MR) is 148 cm³/mol. The van der Waals surface area contributed by atoms with E-state index in [4.69, 9.17) is 0 Å². The number of benzene rings is 4. The van der Waals surface area contributed by atoms with E-state index in [-0.39, 0.29) is 0 Å². The van der Waals surface area contributed by atoms with Crippen molar-refractivity contribution in [2.75, 3.05) is 0 Å². The summed E-state index contributed by atoms with van der Waals surface area (Å²) in [5, 5.41) is 11.2. The van der Waals surface area contributed by atoms with Crippen molar-refractivity contribution in [2.24, 2.45) is 0 Å². The first-order valence-electron chi connectivity index (χ1n) is 13.9. The zero-order valence-electron chi connectivity index (χ0n) is 25.8. The van der Waals surface area contributed by atoms with Gasteiger partial charge in [-0.1, -0.05) is 53.7 Å². The van der Waals surface area contributed by atoms with E-state index in [1.54, 1.807) is 0 Å². The third-order valence-electron chi connectivity index (χ3n) is 8.28. The van der Waals surface area contributed by atoms with Crippen molar-refractivity contribution in [2.45, 2.75) is 52.4 Å². The Balaban J connectivity index is 2.68. The fraction of sp³-hybridized carbons (Fsp3) is 0.250. The highest BCUT2D eigenvalue weighted by Gasteiger charge is 2.49. The molecule has 0 spiro atoms. The van der Waals surface area contributed by atoms with Crippen LogP contribution in [0, 0.1) is 87.3 Å². The molecule has 0 saturated heterocycles. The maximum Gasteiger partial charge on any atom is 0.200 e. The molecule has 0 saturated carbocycles. The van der Waals surface area contributed by atoms with E-state index in [2.05, 4.69) is 0 Å². The third kappa shape index (κ3) is 5.30. The summed E-state index contributed by atoms with van der Waals surface area (Å²) in [5.41, 5.74) is -13.6. The minimum absolute atomic E-state index is 0.402. The van der Waals surface area contributed by atoms with Gasteiger partial charge in [0, 0.05) is 0 Å². The molecule has 4 aromatic carbocycles. The van der Waals surface area contributed by atoms with E-state index in [0.717, 1.165) is 0 Å². The minimum atomic E-state index is -5.99. The standard InChI is InChI=1S/C32H21BF15O/c1-31(2,3)10-7-9(8-11(30(10)49)32(4,5)6)33(12-15(34)21(40)27(46)22(41)16(12)35,13-17(36)23(42)28(47)24(43)18(13)37)14-19(38)25(44)29(48)26(45)20(14)39/h7-8,49H,1-6H3/q-1. The molecule has 0 heterocycles. The molecule has 49 heavy (non-hydrogen) atoms. The number of aromatic hydroxyl groups is 1. The molecule has 0 radical (unpaired) electrons. The number of phenols is 1. The molecular weight excluding hydrogens is 696 g/mol. The zero-order chi connectivity index (χ0) is 37.6. The summed E-state index contributed by atoms with van der Waals surface area (Å²) < 4.78 is 229. The lowest BCUT2D eigenvalue weighted by molar-refractivity contribution is 0.380. The van der Waals surface area contributed by atoms with Crippen molar-refractivity contribution in [1.29, 1.82) is 0 Å². The molecule has 0 atom stereocenters. The highest BCUT2D eigenvalue weighted by molar-refractivity contribution is 7.20. The molecule has 4 aromatic rings. The van der Waals surface area contributed by atoms with Gasteiger partial charge in [0.1, 0.15) is 46.8 Å². The van der Waals surface area contributed by atoms with Crippen LogP contribution in [0.4, 0.5) is 65.9 Å². The van der Waals surface area contributed by atoms with Crippen LogP contribution < -0.4 is 21.9 Å². The molecule has 0 aromatic heterocycles. The number of halogens is 15. The molecule has 0 bridgehead atoms. The van der Waals surface area contributed by atoms with Gasteiger partial charge in [0.05, 0.1) is 0 Å². The smallest absolute Gasteiger partial charge is 0.200 e. The first-order valence-corrected chi connectivity index (χ1v) is 13.9. The summed E-state index contributed by atoms with van der Waals surface area (Å²) >= 11 is 0. The number of hydrogen-bond donors (Lipinski definition) is 1. The van der Waals surface area contributed by atoms with Crippen LogP contribution in [0.25, 0.3) is 0 Å². The van der Waals surface area contributed by atoms with Crippen LogP contribution >= 0.6 is 0 Å². The van der Waals surface area contributed by atoms with Crippen LogP contribution in [0.2, 0.25) is 0 Å². The molecule has 264 valence electrons. The van der Waals surface area contributed by atoms with Gasteiger partial charge in [0.25, 0.3) is 0 Å². The van der Waals surface area contributed by atoms with Crippen LogP contribution in [0.15, 0.2) is 12.1 Å². The number of phenolic OH excluding ortho intramolecular Hbond substituents is 1. The fourth-order valence-electron chi connectivity index (χ4n) is 5.99. The molecule has 1 nitrogen and oxygen atoms in total. The van der Waals surface area contributed by atoms with Gasteiger partial charge in [0.15, 0.2) is 52.4 Å². The Morgan fingerprint density at radius 1 is 0.367 bits per heavy atom. The van der Waals surface area contributed by atoms with Gasteiger partial charge in [-0.15, -0.1) is 16.4 Å². The Morgan fingerprint density at radius 2 is 0.551 bits per heavy atom. The molecule has 17 heteroatoms. The van der Waals surface area contributed by atoms with Crippen molar-refractivity contribution < 1.29 is 71.0 Å². The quantitative estimate of drug-likeness (QED) is 0.101. The van der Waals surface area contributed by atoms with Gasteiger partial charge in [-0.05, 0) is 22.0 Å². The number of hydrogen-bond acceptors (Lipinski definition) is 1. The maximum atomic E-state index is 16.0. The Kier molecular flexibility index (Phi) is 9.14. The monoisotopic (exact) mass is 717 g/mol. The average molecular weight is 717 g/mol. The highest BCUT2D eigenvalue weighted by atomic mass is 19.2. The molecule has 0 aliphatic rings. The third-order valence-corrected chi connectivity index (χ3v) is 8.28. The van der Waals surface area contributed by atoms with Gasteiger partial charge in [-0.2, -0.15) is 5.46 Å². The highest BCUT2D eigenvalue weighted by Crippen LogP contribution is 2.39. The topological polar surface area (TPSA) is 20.2 Å². The lowest BCUT2D eigenvalue weighted by atomic mass is 9.12. The number of rotatable bonds is 4. The summed E-state index contributed by atoms with van der Waals surface area (Å²) in [7, 11) is 0. The Hall–Kier alpha value is -4.31. The summed E-state index contributed by atoms with van der Waals surface area (Å²) in [5.74, 6) is -46.9. The molecule has 4 rings (SSSR count). The van der Waals surface area contributed by atoms with Crippen molar-refractivity contribution in [1.82, 2.24) is 0 Å². The second kappa shape index (κ2) is 11.9. The van der Waals surface area contributed by atoms with E-state index in [1.807, 2.05) is 0 Å². The van der Waals surface area contributed by atoms with Gasteiger partial charge < -0.3 is 5.11 Å². The van der Waals surface area contributed by atoms with Gasteiger partial charge in [-0.3, -0.25) is 0 Å². The van der Waals surface area contributed by atoms with E-state index >= 15 is 26.3 Å². The fourth-order valence-corrected chi connectivity index (χ4v) is 5.99. The Labute approximate surface area is 267 Å². The largest absolute Gasteiger partial charge is 0.507 e. The van der Waals surface area contributed by atoms with Gasteiger partial charge >= 0.3 is 0 Å². The molecule has 0 unspecified atom stereocenters. The lowest BCUT2D eigenvalue weighted by Crippen LogP contribution is -2.79. The molecular formula is C32H21BF15O-. The zero-order valence-corrected chi connectivity index (χ0v) is 25.8. The van der Waals surface area contributed by atoms with E-state index < -0.39 is 143 Å². The van der Waals surface area contributed by atoms with Gasteiger partial charge in [-0.25, -0.2) is 65.9 Å². The van der Waals surface area contributed by atoms with Crippen molar-refractivity contribution >= 4 is 28.0 Å². The first-order chi connectivity index (χ1) is 22.3. The maximum absolute atomic E-state index is 16.0. The first kappa shape index (κ1) is 37.5. The molecule has 0 fully saturated rings. The van der Waals surface area contributed by atoms with Crippen LogP contribution in [0.5, 0.6) is 5.75 Å². The van der Waals surface area contributed by atoms with Gasteiger partial charge in [0.2, 0.25) is 0 Å². The van der Waals surface area contributed by atoms with E-state index in [0.29, 0.717) is 12.1 Å².